The molecule has 0 saturated heterocycles. The number of halogens is 2. The summed E-state index contributed by atoms with van der Waals surface area (Å²) in [6.45, 7) is -0.153. The molecule has 0 bridgehead atoms. The molecule has 0 N–H and O–H groups in total. The number of hydrogen-bond acceptors (Lipinski definition) is 5. The van der Waals surface area contributed by atoms with Crippen molar-refractivity contribution in [2.45, 2.75) is 6.54 Å². The number of Topliss-reactive ketones (excluding diaryl/α,β-unsaturated/α-hetero) is 1. The van der Waals surface area contributed by atoms with E-state index in [1.165, 1.54) is 19.2 Å². The zero-order valence-corrected chi connectivity index (χ0v) is 13.4. The molecule has 0 atom stereocenters. The number of rotatable bonds is 5. The monoisotopic (exact) mass is 346 g/mol. The number of carbonyl (C=O) groups excluding carboxylic acids is 1. The number of methoxy groups -OCH3 is 1. The van der Waals surface area contributed by atoms with Gasteiger partial charge in [0.1, 0.15) is 6.54 Å². The van der Waals surface area contributed by atoms with Crippen molar-refractivity contribution in [1.29, 1.82) is 0 Å². The molecule has 3 rings (SSSR count). The Hall–Kier alpha value is -2.80. The number of tetrazole rings is 1. The summed E-state index contributed by atoms with van der Waals surface area (Å²) in [4.78, 5) is 13.4. The van der Waals surface area contributed by atoms with Crippen molar-refractivity contribution in [1.82, 2.24) is 20.2 Å². The lowest BCUT2D eigenvalue weighted by atomic mass is 10.1. The molecule has 0 spiro atoms. The molecule has 3 aromatic rings. The number of carbonyl (C=O) groups is 1. The Morgan fingerprint density at radius 2 is 2.12 bits per heavy atom. The number of ether oxygens (including phenoxy) is 1. The van der Waals surface area contributed by atoms with E-state index in [4.69, 9.17) is 16.3 Å². The Morgan fingerprint density at radius 3 is 2.83 bits per heavy atom. The average Bonchev–Trinajstić information content (AvgIpc) is 3.03. The van der Waals surface area contributed by atoms with E-state index >= 15 is 0 Å². The van der Waals surface area contributed by atoms with E-state index in [2.05, 4.69) is 15.4 Å². The molecule has 122 valence electrons. The molecular weight excluding hydrogens is 335 g/mol. The van der Waals surface area contributed by atoms with E-state index in [0.29, 0.717) is 16.4 Å². The third kappa shape index (κ3) is 3.41. The highest BCUT2D eigenvalue weighted by molar-refractivity contribution is 6.30. The summed E-state index contributed by atoms with van der Waals surface area (Å²) < 4.78 is 18.5. The predicted molar refractivity (Wildman–Crippen MR) is 85.5 cm³/mol. The molecule has 0 unspecified atom stereocenters. The number of aromatic nitrogens is 4. The highest BCUT2D eigenvalue weighted by Gasteiger charge is 2.13. The van der Waals surface area contributed by atoms with Crippen LogP contribution in [0.15, 0.2) is 42.5 Å². The number of hydrogen-bond donors (Lipinski definition) is 0. The molecule has 0 fully saturated rings. The van der Waals surface area contributed by atoms with Gasteiger partial charge in [-0.15, -0.1) is 10.2 Å². The summed E-state index contributed by atoms with van der Waals surface area (Å²) in [5.41, 5.74) is 0.895. The molecule has 0 aliphatic heterocycles. The van der Waals surface area contributed by atoms with Crippen LogP contribution in [0.1, 0.15) is 10.4 Å². The minimum atomic E-state index is -0.602. The lowest BCUT2D eigenvalue weighted by molar-refractivity contribution is 0.0961. The van der Waals surface area contributed by atoms with Gasteiger partial charge in [0.15, 0.2) is 17.3 Å². The van der Waals surface area contributed by atoms with Crippen LogP contribution >= 0.6 is 11.6 Å². The largest absolute Gasteiger partial charge is 0.494 e. The van der Waals surface area contributed by atoms with E-state index in [9.17, 15) is 9.18 Å². The minimum absolute atomic E-state index is 0.0775. The van der Waals surface area contributed by atoms with Crippen LogP contribution in [-0.4, -0.2) is 33.1 Å². The first kappa shape index (κ1) is 16.1. The third-order valence-electron chi connectivity index (χ3n) is 3.29. The molecule has 0 saturated carbocycles. The van der Waals surface area contributed by atoms with Gasteiger partial charge in [-0.3, -0.25) is 4.79 Å². The Kier molecular flexibility index (Phi) is 4.52. The van der Waals surface area contributed by atoms with Gasteiger partial charge in [-0.2, -0.15) is 4.80 Å². The fourth-order valence-electron chi connectivity index (χ4n) is 2.11. The molecule has 24 heavy (non-hydrogen) atoms. The molecule has 0 radical (unpaired) electrons. The van der Waals surface area contributed by atoms with Gasteiger partial charge in [-0.1, -0.05) is 23.7 Å². The summed E-state index contributed by atoms with van der Waals surface area (Å²) in [6, 6.07) is 11.0. The first-order valence-corrected chi connectivity index (χ1v) is 7.35. The quantitative estimate of drug-likeness (QED) is 0.664. The van der Waals surface area contributed by atoms with Crippen LogP contribution in [-0.2, 0) is 6.54 Å². The fourth-order valence-corrected chi connectivity index (χ4v) is 2.30. The van der Waals surface area contributed by atoms with Crippen molar-refractivity contribution in [2.75, 3.05) is 7.11 Å². The summed E-state index contributed by atoms with van der Waals surface area (Å²) in [7, 11) is 1.36. The van der Waals surface area contributed by atoms with Gasteiger partial charge in [0, 0.05) is 16.1 Å². The molecule has 0 aliphatic carbocycles. The van der Waals surface area contributed by atoms with Crippen molar-refractivity contribution in [3.05, 3.63) is 58.9 Å². The van der Waals surface area contributed by atoms with Crippen LogP contribution in [0.3, 0.4) is 0 Å². The van der Waals surface area contributed by atoms with Gasteiger partial charge < -0.3 is 4.74 Å². The molecule has 0 amide bonds. The number of ketones is 1. The lowest BCUT2D eigenvalue weighted by Gasteiger charge is -2.04. The molecule has 2 aromatic carbocycles. The van der Waals surface area contributed by atoms with Gasteiger partial charge in [0.05, 0.1) is 7.11 Å². The Bertz CT molecular complexity index is 897. The molecule has 1 heterocycles. The summed E-state index contributed by atoms with van der Waals surface area (Å²) >= 11 is 5.92. The van der Waals surface area contributed by atoms with Gasteiger partial charge in [0.2, 0.25) is 5.82 Å². The van der Waals surface area contributed by atoms with Crippen molar-refractivity contribution in [3.63, 3.8) is 0 Å². The van der Waals surface area contributed by atoms with Crippen LogP contribution in [0.4, 0.5) is 4.39 Å². The summed E-state index contributed by atoms with van der Waals surface area (Å²) in [5, 5.41) is 12.4. The van der Waals surface area contributed by atoms with E-state index < -0.39 is 5.82 Å². The Balaban J connectivity index is 1.77. The van der Waals surface area contributed by atoms with Crippen LogP contribution in [0.5, 0.6) is 5.75 Å². The van der Waals surface area contributed by atoms with Crippen molar-refractivity contribution in [2.24, 2.45) is 0 Å². The van der Waals surface area contributed by atoms with Crippen molar-refractivity contribution in [3.8, 4) is 17.1 Å². The highest BCUT2D eigenvalue weighted by atomic mass is 35.5. The maximum Gasteiger partial charge on any atom is 0.204 e. The fraction of sp³-hybridized carbons (Fsp3) is 0.125. The molecule has 8 heteroatoms. The molecule has 0 aliphatic rings. The second-order valence-corrected chi connectivity index (χ2v) is 5.36. The highest BCUT2D eigenvalue weighted by Crippen LogP contribution is 2.19. The number of nitrogens with zero attached hydrogens (tertiary/aromatic N) is 4. The van der Waals surface area contributed by atoms with Crippen LogP contribution in [0.25, 0.3) is 11.4 Å². The second-order valence-electron chi connectivity index (χ2n) is 4.93. The van der Waals surface area contributed by atoms with Crippen molar-refractivity contribution >= 4 is 17.4 Å². The number of benzene rings is 2. The zero-order chi connectivity index (χ0) is 17.1. The van der Waals surface area contributed by atoms with Gasteiger partial charge in [-0.25, -0.2) is 4.39 Å². The Labute approximate surface area is 141 Å². The van der Waals surface area contributed by atoms with Gasteiger partial charge >= 0.3 is 0 Å². The van der Waals surface area contributed by atoms with E-state index in [1.807, 2.05) is 0 Å². The standard InChI is InChI=1S/C16H12ClFN4O2/c1-24-15-6-5-10(8-13(15)18)14(23)9-22-20-16(19-21-22)11-3-2-4-12(17)7-11/h2-8H,9H2,1H3. The molecule has 1 aromatic heterocycles. The van der Waals surface area contributed by atoms with E-state index in [1.54, 1.807) is 24.3 Å². The topological polar surface area (TPSA) is 69.9 Å². The SMILES string of the molecule is COc1ccc(C(=O)Cn2nnc(-c3cccc(Cl)c3)n2)cc1F. The minimum Gasteiger partial charge on any atom is -0.494 e. The van der Waals surface area contributed by atoms with Crippen LogP contribution in [0, 0.1) is 5.82 Å². The maximum absolute atomic E-state index is 13.7. The second kappa shape index (κ2) is 6.76. The van der Waals surface area contributed by atoms with E-state index in [0.717, 1.165) is 10.9 Å². The lowest BCUT2D eigenvalue weighted by Crippen LogP contribution is -2.13. The first-order chi connectivity index (χ1) is 11.6. The maximum atomic E-state index is 13.7. The Morgan fingerprint density at radius 1 is 1.29 bits per heavy atom. The van der Waals surface area contributed by atoms with Gasteiger partial charge in [-0.05, 0) is 35.5 Å². The summed E-state index contributed by atoms with van der Waals surface area (Å²) in [5.74, 6) is -0.513. The van der Waals surface area contributed by atoms with Crippen LogP contribution in [0.2, 0.25) is 5.02 Å². The zero-order valence-electron chi connectivity index (χ0n) is 12.6. The molecule has 6 nitrogen and oxygen atoms in total. The molecular formula is C16H12ClFN4O2. The van der Waals surface area contributed by atoms with E-state index in [-0.39, 0.29) is 23.6 Å². The summed E-state index contributed by atoms with van der Waals surface area (Å²) in [6.07, 6.45) is 0. The van der Waals surface area contributed by atoms with Crippen LogP contribution < -0.4 is 4.74 Å². The third-order valence-corrected chi connectivity index (χ3v) is 3.53. The van der Waals surface area contributed by atoms with Crippen molar-refractivity contribution < 1.29 is 13.9 Å². The van der Waals surface area contributed by atoms with Gasteiger partial charge in [0.25, 0.3) is 0 Å². The predicted octanol–water partition coefficient (Wildman–Crippen LogP) is 3.02. The smallest absolute Gasteiger partial charge is 0.204 e. The normalized spacial score (nSPS) is 10.6. The first-order valence-electron chi connectivity index (χ1n) is 6.97. The average molecular weight is 347 g/mol.